The molecule has 40 heavy (non-hydrogen) atoms. The van der Waals surface area contributed by atoms with Gasteiger partial charge in [-0.25, -0.2) is 9.59 Å². The van der Waals surface area contributed by atoms with Gasteiger partial charge in [-0.15, -0.1) is 0 Å². The van der Waals surface area contributed by atoms with Gasteiger partial charge in [0.15, 0.2) is 0 Å². The number of hydrogen-bond acceptors (Lipinski definition) is 4. The van der Waals surface area contributed by atoms with Crippen molar-refractivity contribution in [3.63, 3.8) is 0 Å². The zero-order valence-corrected chi connectivity index (χ0v) is 24.7. The van der Waals surface area contributed by atoms with E-state index in [1.165, 1.54) is 24.8 Å². The highest BCUT2D eigenvalue weighted by atomic mass is 16.5. The number of carbonyl (C=O) groups excluding carboxylic acids is 3. The fraction of sp³-hybridized carbons (Fsp3) is 0.485. The van der Waals surface area contributed by atoms with E-state index in [0.717, 1.165) is 25.7 Å². The summed E-state index contributed by atoms with van der Waals surface area (Å²) in [6, 6.07) is 14.1. The van der Waals surface area contributed by atoms with Crippen LogP contribution in [0.15, 0.2) is 59.8 Å². The first kappa shape index (κ1) is 30.9. The predicted octanol–water partition coefficient (Wildman–Crippen LogP) is 7.40. The van der Waals surface area contributed by atoms with Crippen molar-refractivity contribution in [2.24, 2.45) is 5.92 Å². The number of unbranched alkanes of at least 4 members (excludes halogenated alkanes) is 4. The molecule has 0 aromatic heterocycles. The quantitative estimate of drug-likeness (QED) is 0.191. The lowest BCUT2D eigenvalue weighted by Gasteiger charge is -2.35. The Kier molecular flexibility index (Phi) is 11.8. The van der Waals surface area contributed by atoms with E-state index in [1.807, 2.05) is 50.2 Å². The summed E-state index contributed by atoms with van der Waals surface area (Å²) < 4.78 is 5.61. The SMILES string of the molecule is CCCCCCc1ccc(C(=O)Nc2cccc([C@H]3NC(=O)N(CCCC)C(C)=C3C(=O)OCC(C)C)c2)cc1. The smallest absolute Gasteiger partial charge is 0.338 e. The number of allylic oxidation sites excluding steroid dienone is 1. The number of esters is 1. The van der Waals surface area contributed by atoms with Gasteiger partial charge in [0.25, 0.3) is 5.91 Å². The molecule has 0 fully saturated rings. The molecule has 1 atom stereocenters. The fourth-order valence-electron chi connectivity index (χ4n) is 4.78. The first-order valence-corrected chi connectivity index (χ1v) is 14.7. The zero-order valence-electron chi connectivity index (χ0n) is 24.7. The summed E-state index contributed by atoms with van der Waals surface area (Å²) in [6.07, 6.45) is 7.60. The molecule has 1 heterocycles. The first-order valence-electron chi connectivity index (χ1n) is 14.7. The number of benzene rings is 2. The highest BCUT2D eigenvalue weighted by Gasteiger charge is 2.36. The average Bonchev–Trinajstić information content (AvgIpc) is 2.94. The van der Waals surface area contributed by atoms with Crippen LogP contribution in [0.4, 0.5) is 10.5 Å². The average molecular weight is 548 g/mol. The van der Waals surface area contributed by atoms with Crippen molar-refractivity contribution in [3.05, 3.63) is 76.5 Å². The van der Waals surface area contributed by atoms with Crippen molar-refractivity contribution in [2.75, 3.05) is 18.5 Å². The maximum absolute atomic E-state index is 13.3. The number of carbonyl (C=O) groups is 3. The summed E-state index contributed by atoms with van der Waals surface area (Å²) in [5, 5.41) is 5.97. The number of ether oxygens (including phenoxy) is 1. The predicted molar refractivity (Wildman–Crippen MR) is 160 cm³/mol. The van der Waals surface area contributed by atoms with Crippen LogP contribution in [0.5, 0.6) is 0 Å². The van der Waals surface area contributed by atoms with Gasteiger partial charge >= 0.3 is 12.0 Å². The molecule has 1 aliphatic heterocycles. The second-order valence-electron chi connectivity index (χ2n) is 11.0. The van der Waals surface area contributed by atoms with Crippen LogP contribution in [-0.2, 0) is 16.0 Å². The van der Waals surface area contributed by atoms with Crippen LogP contribution >= 0.6 is 0 Å². The van der Waals surface area contributed by atoms with Crippen LogP contribution in [0.25, 0.3) is 0 Å². The number of nitrogens with zero attached hydrogens (tertiary/aromatic N) is 1. The number of amides is 3. The summed E-state index contributed by atoms with van der Waals surface area (Å²) in [7, 11) is 0. The summed E-state index contributed by atoms with van der Waals surface area (Å²) in [5.74, 6) is -0.468. The Balaban J connectivity index is 1.80. The summed E-state index contributed by atoms with van der Waals surface area (Å²) in [4.78, 5) is 41.0. The molecule has 0 saturated heterocycles. The molecule has 7 heteroatoms. The van der Waals surface area contributed by atoms with E-state index in [1.54, 1.807) is 24.0 Å². The summed E-state index contributed by atoms with van der Waals surface area (Å²) in [5.41, 5.74) is 4.10. The van der Waals surface area contributed by atoms with Crippen LogP contribution in [0.2, 0.25) is 0 Å². The Morgan fingerprint density at radius 2 is 1.73 bits per heavy atom. The number of rotatable bonds is 14. The van der Waals surface area contributed by atoms with Gasteiger partial charge in [0.1, 0.15) is 0 Å². The first-order chi connectivity index (χ1) is 19.2. The van der Waals surface area contributed by atoms with Crippen molar-refractivity contribution in [3.8, 4) is 0 Å². The minimum absolute atomic E-state index is 0.186. The Labute approximate surface area is 239 Å². The molecule has 3 rings (SSSR count). The minimum Gasteiger partial charge on any atom is -0.462 e. The monoisotopic (exact) mass is 547 g/mol. The topological polar surface area (TPSA) is 87.7 Å². The van der Waals surface area contributed by atoms with Crippen LogP contribution in [-0.4, -0.2) is 36.0 Å². The van der Waals surface area contributed by atoms with Gasteiger partial charge < -0.3 is 15.4 Å². The maximum Gasteiger partial charge on any atom is 0.338 e. The normalized spacial score (nSPS) is 15.3. The van der Waals surface area contributed by atoms with Gasteiger partial charge in [-0.2, -0.15) is 0 Å². The van der Waals surface area contributed by atoms with E-state index in [2.05, 4.69) is 24.5 Å². The molecule has 0 saturated carbocycles. The van der Waals surface area contributed by atoms with Gasteiger partial charge in [-0.05, 0) is 67.5 Å². The van der Waals surface area contributed by atoms with Gasteiger partial charge in [-0.3, -0.25) is 9.69 Å². The largest absolute Gasteiger partial charge is 0.462 e. The fourth-order valence-corrected chi connectivity index (χ4v) is 4.78. The highest BCUT2D eigenvalue weighted by Crippen LogP contribution is 2.33. The van der Waals surface area contributed by atoms with E-state index in [9.17, 15) is 14.4 Å². The van der Waals surface area contributed by atoms with Crippen molar-refractivity contribution in [2.45, 2.75) is 85.6 Å². The number of urea groups is 1. The molecule has 2 aromatic rings. The molecule has 0 unspecified atom stereocenters. The van der Waals surface area contributed by atoms with Crippen molar-refractivity contribution >= 4 is 23.6 Å². The lowest BCUT2D eigenvalue weighted by atomic mass is 9.94. The second kappa shape index (κ2) is 15.2. The highest BCUT2D eigenvalue weighted by molar-refractivity contribution is 6.04. The Morgan fingerprint density at radius 3 is 2.40 bits per heavy atom. The summed E-state index contributed by atoms with van der Waals surface area (Å²) in [6.45, 7) is 10.8. The van der Waals surface area contributed by atoms with Gasteiger partial charge in [0, 0.05) is 23.5 Å². The standard InChI is InChI=1S/C33H45N3O4/c1-6-8-10-11-13-25-16-18-26(19-17-25)31(37)34-28-15-12-14-27(21-28)30-29(32(38)40-22-23(3)4)24(5)36(20-9-7-2)33(39)35-30/h12,14-19,21,23,30H,6-11,13,20,22H2,1-5H3,(H,34,37)(H,35,39)/t30-/m1/s1. The maximum atomic E-state index is 13.3. The molecule has 0 spiro atoms. The molecule has 2 aromatic carbocycles. The second-order valence-corrected chi connectivity index (χ2v) is 11.0. The van der Waals surface area contributed by atoms with Gasteiger partial charge in [-0.1, -0.05) is 77.6 Å². The lowest BCUT2D eigenvalue weighted by Crippen LogP contribution is -2.48. The third-order valence-electron chi connectivity index (χ3n) is 7.11. The van der Waals surface area contributed by atoms with Crippen molar-refractivity contribution < 1.29 is 19.1 Å². The summed E-state index contributed by atoms with van der Waals surface area (Å²) >= 11 is 0. The van der Waals surface area contributed by atoms with Crippen LogP contribution < -0.4 is 10.6 Å². The van der Waals surface area contributed by atoms with Gasteiger partial charge in [0.2, 0.25) is 0 Å². The molecule has 0 aliphatic carbocycles. The molecular formula is C33H45N3O4. The van der Waals surface area contributed by atoms with Crippen LogP contribution in [0.3, 0.4) is 0 Å². The van der Waals surface area contributed by atoms with Crippen molar-refractivity contribution in [1.82, 2.24) is 10.2 Å². The molecular weight excluding hydrogens is 502 g/mol. The third-order valence-corrected chi connectivity index (χ3v) is 7.11. The van der Waals surface area contributed by atoms with Crippen LogP contribution in [0, 0.1) is 5.92 Å². The molecule has 1 aliphatic rings. The number of nitrogens with one attached hydrogen (secondary N) is 2. The number of aryl methyl sites for hydroxylation is 1. The zero-order chi connectivity index (χ0) is 29.1. The minimum atomic E-state index is -0.686. The van der Waals surface area contributed by atoms with Crippen LogP contribution in [0.1, 0.15) is 101 Å². The Bertz CT molecular complexity index is 1190. The van der Waals surface area contributed by atoms with E-state index < -0.39 is 12.0 Å². The van der Waals surface area contributed by atoms with E-state index in [4.69, 9.17) is 4.74 Å². The van der Waals surface area contributed by atoms with E-state index in [-0.39, 0.29) is 17.9 Å². The lowest BCUT2D eigenvalue weighted by molar-refractivity contribution is -0.140. The third kappa shape index (κ3) is 8.44. The van der Waals surface area contributed by atoms with Crippen molar-refractivity contribution in [1.29, 1.82) is 0 Å². The van der Waals surface area contributed by atoms with Gasteiger partial charge in [0.05, 0.1) is 18.2 Å². The molecule has 0 bridgehead atoms. The molecule has 0 radical (unpaired) electrons. The number of anilines is 1. The molecule has 3 amide bonds. The number of hydrogen-bond donors (Lipinski definition) is 2. The molecule has 7 nitrogen and oxygen atoms in total. The Hall–Kier alpha value is -3.61. The van der Waals surface area contributed by atoms with E-state index >= 15 is 0 Å². The Morgan fingerprint density at radius 1 is 1.00 bits per heavy atom. The molecule has 2 N–H and O–H groups in total. The molecule has 216 valence electrons. The van der Waals surface area contributed by atoms with E-state index in [0.29, 0.717) is 41.2 Å².